The first-order valence-electron chi connectivity index (χ1n) is 6.39. The number of alkyl halides is 3. The Labute approximate surface area is 123 Å². The van der Waals surface area contributed by atoms with Crippen LogP contribution in [0.25, 0.3) is 22.2 Å². The lowest BCUT2D eigenvalue weighted by Gasteiger charge is -2.11. The lowest BCUT2D eigenvalue weighted by Crippen LogP contribution is -2.06. The largest absolute Gasteiger partial charge is 0.478 e. The third-order valence-electron chi connectivity index (χ3n) is 3.42. The molecule has 0 saturated carbocycles. The number of hydrogen-bond acceptors (Lipinski definition) is 1. The van der Waals surface area contributed by atoms with Crippen LogP contribution < -0.4 is 0 Å². The smallest absolute Gasteiger partial charge is 0.417 e. The van der Waals surface area contributed by atoms with E-state index in [0.29, 0.717) is 10.9 Å². The van der Waals surface area contributed by atoms with Gasteiger partial charge in [0.15, 0.2) is 0 Å². The quantitative estimate of drug-likeness (QED) is 0.729. The molecule has 0 spiro atoms. The monoisotopic (exact) mass is 305 g/mol. The second-order valence-corrected chi connectivity index (χ2v) is 4.80. The predicted octanol–water partition coefficient (Wildman–Crippen LogP) is 4.55. The molecule has 3 rings (SSSR count). The van der Waals surface area contributed by atoms with E-state index in [-0.39, 0.29) is 16.8 Å². The van der Waals surface area contributed by atoms with Crippen molar-refractivity contribution < 1.29 is 23.1 Å². The molecular weight excluding hydrogens is 295 g/mol. The van der Waals surface area contributed by atoms with Crippen LogP contribution in [-0.4, -0.2) is 16.1 Å². The van der Waals surface area contributed by atoms with E-state index in [1.165, 1.54) is 30.3 Å². The summed E-state index contributed by atoms with van der Waals surface area (Å²) in [6.07, 6.45) is -4.48. The summed E-state index contributed by atoms with van der Waals surface area (Å²) in [7, 11) is 0. The van der Waals surface area contributed by atoms with Gasteiger partial charge in [0.1, 0.15) is 0 Å². The Morgan fingerprint density at radius 3 is 2.45 bits per heavy atom. The van der Waals surface area contributed by atoms with Gasteiger partial charge in [-0.2, -0.15) is 13.2 Å². The fourth-order valence-corrected chi connectivity index (χ4v) is 2.45. The Bertz CT molecular complexity index is 865. The van der Waals surface area contributed by atoms with Gasteiger partial charge in [0.25, 0.3) is 0 Å². The molecule has 0 unspecified atom stereocenters. The van der Waals surface area contributed by atoms with Crippen molar-refractivity contribution >= 4 is 16.9 Å². The molecule has 0 atom stereocenters. The Kier molecular flexibility index (Phi) is 3.16. The van der Waals surface area contributed by atoms with Crippen molar-refractivity contribution in [2.45, 2.75) is 6.18 Å². The molecule has 0 aliphatic carbocycles. The molecule has 3 nitrogen and oxygen atoms in total. The van der Waals surface area contributed by atoms with E-state index < -0.39 is 17.7 Å². The highest BCUT2D eigenvalue weighted by atomic mass is 19.4. The van der Waals surface area contributed by atoms with E-state index in [1.807, 2.05) is 0 Å². The predicted molar refractivity (Wildman–Crippen MR) is 75.7 cm³/mol. The summed E-state index contributed by atoms with van der Waals surface area (Å²) in [5.74, 6) is -1.12. The first-order valence-corrected chi connectivity index (χ1v) is 6.39. The van der Waals surface area contributed by atoms with Crippen LogP contribution in [0.2, 0.25) is 0 Å². The van der Waals surface area contributed by atoms with Crippen LogP contribution in [0.15, 0.2) is 48.5 Å². The molecule has 22 heavy (non-hydrogen) atoms. The Hall–Kier alpha value is -2.76. The summed E-state index contributed by atoms with van der Waals surface area (Å²) >= 11 is 0. The van der Waals surface area contributed by atoms with Gasteiger partial charge in [-0.1, -0.05) is 24.3 Å². The first-order chi connectivity index (χ1) is 10.4. The zero-order valence-corrected chi connectivity index (χ0v) is 11.1. The highest BCUT2D eigenvalue weighted by Gasteiger charge is 2.33. The van der Waals surface area contributed by atoms with Crippen molar-refractivity contribution in [3.05, 3.63) is 59.7 Å². The summed E-state index contributed by atoms with van der Waals surface area (Å²) in [4.78, 5) is 14.0. The number of H-pyrrole nitrogens is 1. The van der Waals surface area contributed by atoms with Crippen LogP contribution in [0.4, 0.5) is 13.2 Å². The van der Waals surface area contributed by atoms with E-state index in [9.17, 15) is 18.0 Å². The standard InChI is InChI=1S/C16H10F3NO2/c17-16(18,19)12-6-2-1-4-10(12)14-8-11-9(15(21)22)5-3-7-13(11)20-14/h1-8,20H,(H,21,22). The minimum Gasteiger partial charge on any atom is -0.478 e. The Balaban J connectivity index is 2.25. The lowest BCUT2D eigenvalue weighted by atomic mass is 10.0. The third kappa shape index (κ3) is 2.32. The summed E-state index contributed by atoms with van der Waals surface area (Å²) < 4.78 is 39.3. The van der Waals surface area contributed by atoms with Crippen LogP contribution in [0.5, 0.6) is 0 Å². The number of rotatable bonds is 2. The summed E-state index contributed by atoms with van der Waals surface area (Å²) in [6, 6.07) is 11.2. The number of nitrogens with one attached hydrogen (secondary N) is 1. The molecule has 2 N–H and O–H groups in total. The number of aromatic nitrogens is 1. The number of carbonyl (C=O) groups is 1. The van der Waals surface area contributed by atoms with Crippen molar-refractivity contribution in [2.24, 2.45) is 0 Å². The zero-order valence-electron chi connectivity index (χ0n) is 11.1. The Morgan fingerprint density at radius 1 is 1.05 bits per heavy atom. The van der Waals surface area contributed by atoms with Crippen molar-refractivity contribution in [3.8, 4) is 11.3 Å². The van der Waals surface area contributed by atoms with E-state index in [0.717, 1.165) is 6.07 Å². The van der Waals surface area contributed by atoms with Gasteiger partial charge in [-0.15, -0.1) is 0 Å². The second-order valence-electron chi connectivity index (χ2n) is 4.80. The fourth-order valence-electron chi connectivity index (χ4n) is 2.45. The van der Waals surface area contributed by atoms with Crippen LogP contribution in [0, 0.1) is 0 Å². The number of benzene rings is 2. The number of halogens is 3. The van der Waals surface area contributed by atoms with Gasteiger partial charge in [-0.3, -0.25) is 0 Å². The number of fused-ring (bicyclic) bond motifs is 1. The second kappa shape index (κ2) is 4.91. The van der Waals surface area contributed by atoms with Crippen molar-refractivity contribution in [1.29, 1.82) is 0 Å². The molecule has 6 heteroatoms. The van der Waals surface area contributed by atoms with Gasteiger partial charge in [-0.05, 0) is 24.3 Å². The minimum atomic E-state index is -4.48. The molecule has 0 fully saturated rings. The Morgan fingerprint density at radius 2 is 1.77 bits per heavy atom. The third-order valence-corrected chi connectivity index (χ3v) is 3.42. The normalized spacial score (nSPS) is 11.8. The van der Waals surface area contributed by atoms with Crippen molar-refractivity contribution in [1.82, 2.24) is 4.98 Å². The van der Waals surface area contributed by atoms with Crippen LogP contribution >= 0.6 is 0 Å². The lowest BCUT2D eigenvalue weighted by molar-refractivity contribution is -0.137. The van der Waals surface area contributed by atoms with Crippen LogP contribution in [-0.2, 0) is 6.18 Å². The molecule has 0 saturated heterocycles. The van der Waals surface area contributed by atoms with Crippen LogP contribution in [0.1, 0.15) is 15.9 Å². The van der Waals surface area contributed by atoms with Crippen LogP contribution in [0.3, 0.4) is 0 Å². The highest BCUT2D eigenvalue weighted by molar-refractivity contribution is 6.04. The molecule has 0 bridgehead atoms. The number of aromatic amines is 1. The van der Waals surface area contributed by atoms with E-state index in [1.54, 1.807) is 12.1 Å². The molecule has 0 aliphatic heterocycles. The molecule has 2 aromatic carbocycles. The van der Waals surface area contributed by atoms with Gasteiger partial charge in [0.05, 0.1) is 11.1 Å². The maximum absolute atomic E-state index is 13.1. The molecule has 1 heterocycles. The number of aromatic carboxylic acids is 1. The average Bonchev–Trinajstić information content (AvgIpc) is 2.89. The molecule has 112 valence electrons. The molecule has 0 radical (unpaired) electrons. The van der Waals surface area contributed by atoms with Gasteiger partial charge in [0, 0.05) is 22.2 Å². The summed E-state index contributed by atoms with van der Waals surface area (Å²) in [6.45, 7) is 0. The first kappa shape index (κ1) is 14.2. The molecule has 1 aromatic heterocycles. The zero-order chi connectivity index (χ0) is 15.9. The number of carboxylic acids is 1. The van der Waals surface area contributed by atoms with Crippen molar-refractivity contribution in [3.63, 3.8) is 0 Å². The fraction of sp³-hybridized carbons (Fsp3) is 0.0625. The van der Waals surface area contributed by atoms with Gasteiger partial charge in [-0.25, -0.2) is 4.79 Å². The summed E-state index contributed by atoms with van der Waals surface area (Å²) in [5, 5.41) is 9.53. The molecule has 0 amide bonds. The van der Waals surface area contributed by atoms with Gasteiger partial charge < -0.3 is 10.1 Å². The van der Waals surface area contributed by atoms with E-state index in [4.69, 9.17) is 5.11 Å². The van der Waals surface area contributed by atoms with E-state index in [2.05, 4.69) is 4.98 Å². The number of hydrogen-bond donors (Lipinski definition) is 2. The average molecular weight is 305 g/mol. The molecule has 0 aliphatic rings. The maximum Gasteiger partial charge on any atom is 0.417 e. The minimum absolute atomic E-state index is 0.0115. The van der Waals surface area contributed by atoms with Gasteiger partial charge in [0.2, 0.25) is 0 Å². The molecular formula is C16H10F3NO2. The maximum atomic E-state index is 13.1. The van der Waals surface area contributed by atoms with E-state index >= 15 is 0 Å². The topological polar surface area (TPSA) is 53.1 Å². The number of carboxylic acid groups (broad SMARTS) is 1. The summed E-state index contributed by atoms with van der Waals surface area (Å²) in [5.41, 5.74) is -0.0195. The SMILES string of the molecule is O=C(O)c1cccc2[nH]c(-c3ccccc3C(F)(F)F)cc12. The highest BCUT2D eigenvalue weighted by Crippen LogP contribution is 2.37. The molecule has 3 aromatic rings. The van der Waals surface area contributed by atoms with Gasteiger partial charge >= 0.3 is 12.1 Å². The van der Waals surface area contributed by atoms with Crippen molar-refractivity contribution in [2.75, 3.05) is 0 Å².